The second-order valence-electron chi connectivity index (χ2n) is 6.21. The van der Waals surface area contributed by atoms with Crippen LogP contribution in [0.4, 0.5) is 0 Å². The standard InChI is InChI=1S/C19H19N3O3/c20-10-16(19(24)22-15-4-2-1-3-5-15)18(23)14-8-6-13(7-9-14)17-11-21-12-25-17/h6-9,11-12,15-16H,1-5H2,(H,22,24)/t16-/m0/s1. The van der Waals surface area contributed by atoms with E-state index in [0.717, 1.165) is 31.2 Å². The maximum Gasteiger partial charge on any atom is 0.245 e. The summed E-state index contributed by atoms with van der Waals surface area (Å²) in [7, 11) is 0. The van der Waals surface area contributed by atoms with Crippen LogP contribution in [0, 0.1) is 17.2 Å². The van der Waals surface area contributed by atoms with Gasteiger partial charge in [-0.05, 0) is 12.8 Å². The highest BCUT2D eigenvalue weighted by Crippen LogP contribution is 2.21. The van der Waals surface area contributed by atoms with Crippen LogP contribution in [0.25, 0.3) is 11.3 Å². The first-order chi connectivity index (χ1) is 12.2. The minimum atomic E-state index is -1.32. The van der Waals surface area contributed by atoms with Crippen LogP contribution < -0.4 is 5.32 Å². The molecule has 1 heterocycles. The van der Waals surface area contributed by atoms with Crippen molar-refractivity contribution in [3.05, 3.63) is 42.4 Å². The summed E-state index contributed by atoms with van der Waals surface area (Å²) in [6.07, 6.45) is 8.03. The molecule has 1 amide bonds. The van der Waals surface area contributed by atoms with Crippen LogP contribution in [-0.4, -0.2) is 22.7 Å². The number of aromatic nitrogens is 1. The maximum absolute atomic E-state index is 12.5. The Hall–Kier alpha value is -2.94. The second kappa shape index (κ2) is 7.75. The van der Waals surface area contributed by atoms with Crippen molar-refractivity contribution in [2.75, 3.05) is 0 Å². The third-order valence-corrected chi connectivity index (χ3v) is 4.49. The second-order valence-corrected chi connectivity index (χ2v) is 6.21. The van der Waals surface area contributed by atoms with Gasteiger partial charge >= 0.3 is 0 Å². The van der Waals surface area contributed by atoms with Crippen LogP contribution in [0.5, 0.6) is 0 Å². The molecule has 6 nitrogen and oxygen atoms in total. The van der Waals surface area contributed by atoms with Crippen molar-refractivity contribution in [1.82, 2.24) is 10.3 Å². The Morgan fingerprint density at radius 2 is 1.92 bits per heavy atom. The van der Waals surface area contributed by atoms with Gasteiger partial charge in [-0.1, -0.05) is 43.5 Å². The average molecular weight is 337 g/mol. The van der Waals surface area contributed by atoms with E-state index in [1.54, 1.807) is 30.5 Å². The predicted molar refractivity (Wildman–Crippen MR) is 90.4 cm³/mol. The number of oxazole rings is 1. The van der Waals surface area contributed by atoms with Crippen LogP contribution >= 0.6 is 0 Å². The molecule has 0 spiro atoms. The monoisotopic (exact) mass is 337 g/mol. The Kier molecular flexibility index (Phi) is 5.24. The molecule has 0 unspecified atom stereocenters. The lowest BCUT2D eigenvalue weighted by Crippen LogP contribution is -2.42. The normalized spacial score (nSPS) is 16.0. The smallest absolute Gasteiger partial charge is 0.245 e. The highest BCUT2D eigenvalue weighted by Gasteiger charge is 2.29. The molecular weight excluding hydrogens is 318 g/mol. The van der Waals surface area contributed by atoms with Crippen molar-refractivity contribution >= 4 is 11.7 Å². The summed E-state index contributed by atoms with van der Waals surface area (Å²) in [5.74, 6) is -1.72. The van der Waals surface area contributed by atoms with Gasteiger partial charge < -0.3 is 9.73 Å². The number of benzene rings is 1. The van der Waals surface area contributed by atoms with Crippen molar-refractivity contribution in [2.45, 2.75) is 38.1 Å². The Balaban J connectivity index is 1.69. The summed E-state index contributed by atoms with van der Waals surface area (Å²) in [4.78, 5) is 28.7. The van der Waals surface area contributed by atoms with Gasteiger partial charge in [-0.2, -0.15) is 5.26 Å². The molecule has 1 aliphatic carbocycles. The fraction of sp³-hybridized carbons (Fsp3) is 0.368. The summed E-state index contributed by atoms with van der Waals surface area (Å²) < 4.78 is 5.20. The Morgan fingerprint density at radius 1 is 1.20 bits per heavy atom. The van der Waals surface area contributed by atoms with Crippen LogP contribution in [0.2, 0.25) is 0 Å². The van der Waals surface area contributed by atoms with E-state index in [-0.39, 0.29) is 6.04 Å². The number of Topliss-reactive ketones (excluding diaryl/α,β-unsaturated/α-hetero) is 1. The van der Waals surface area contributed by atoms with Crippen molar-refractivity contribution in [2.24, 2.45) is 5.92 Å². The third kappa shape index (κ3) is 3.94. The number of nitrogens with one attached hydrogen (secondary N) is 1. The quantitative estimate of drug-likeness (QED) is 0.668. The van der Waals surface area contributed by atoms with Crippen molar-refractivity contribution in [3.63, 3.8) is 0 Å². The molecule has 0 saturated heterocycles. The number of rotatable bonds is 5. The van der Waals surface area contributed by atoms with Gasteiger partial charge in [0.2, 0.25) is 5.91 Å². The third-order valence-electron chi connectivity index (χ3n) is 4.49. The van der Waals surface area contributed by atoms with Crippen LogP contribution in [-0.2, 0) is 4.79 Å². The first-order valence-electron chi connectivity index (χ1n) is 8.42. The minimum absolute atomic E-state index is 0.0683. The zero-order chi connectivity index (χ0) is 17.6. The molecular formula is C19H19N3O3. The minimum Gasteiger partial charge on any atom is -0.444 e. The molecule has 0 radical (unpaired) electrons. The molecule has 1 aliphatic rings. The van der Waals surface area contributed by atoms with Gasteiger partial charge in [0.25, 0.3) is 0 Å². The van der Waals surface area contributed by atoms with Gasteiger partial charge in [0.15, 0.2) is 23.9 Å². The van der Waals surface area contributed by atoms with Gasteiger partial charge in [0.1, 0.15) is 0 Å². The van der Waals surface area contributed by atoms with Crippen molar-refractivity contribution in [1.29, 1.82) is 5.26 Å². The molecule has 25 heavy (non-hydrogen) atoms. The number of nitrogens with zero attached hydrogens (tertiary/aromatic N) is 2. The van der Waals surface area contributed by atoms with Gasteiger partial charge in [0, 0.05) is 17.2 Å². The largest absolute Gasteiger partial charge is 0.444 e. The van der Waals surface area contributed by atoms with Gasteiger partial charge in [-0.25, -0.2) is 4.98 Å². The zero-order valence-electron chi connectivity index (χ0n) is 13.8. The first-order valence-corrected chi connectivity index (χ1v) is 8.42. The molecule has 1 aromatic heterocycles. The lowest BCUT2D eigenvalue weighted by Gasteiger charge is -2.23. The molecule has 1 fully saturated rings. The molecule has 128 valence electrons. The number of nitriles is 1. The number of hydrogen-bond acceptors (Lipinski definition) is 5. The lowest BCUT2D eigenvalue weighted by molar-refractivity contribution is -0.123. The average Bonchev–Trinajstić information content (AvgIpc) is 3.18. The van der Waals surface area contributed by atoms with E-state index in [4.69, 9.17) is 4.42 Å². The fourth-order valence-electron chi connectivity index (χ4n) is 3.09. The highest BCUT2D eigenvalue weighted by molar-refractivity contribution is 6.12. The van der Waals surface area contributed by atoms with Gasteiger partial charge in [0.05, 0.1) is 12.3 Å². The molecule has 2 aromatic rings. The van der Waals surface area contributed by atoms with E-state index in [1.165, 1.54) is 12.8 Å². The Bertz CT molecular complexity index is 769. The van der Waals surface area contributed by atoms with Crippen molar-refractivity contribution < 1.29 is 14.0 Å². The molecule has 1 atom stereocenters. The number of carbonyl (C=O) groups is 2. The zero-order valence-corrected chi connectivity index (χ0v) is 13.8. The van der Waals surface area contributed by atoms with Crippen LogP contribution in [0.3, 0.4) is 0 Å². The Labute approximate surface area is 145 Å². The number of carbonyl (C=O) groups excluding carboxylic acids is 2. The van der Waals surface area contributed by atoms with E-state index < -0.39 is 17.6 Å². The first kappa shape index (κ1) is 16.9. The van der Waals surface area contributed by atoms with E-state index in [9.17, 15) is 14.9 Å². The number of amides is 1. The molecule has 1 aromatic carbocycles. The Morgan fingerprint density at radius 3 is 2.52 bits per heavy atom. The highest BCUT2D eigenvalue weighted by atomic mass is 16.3. The molecule has 1 N–H and O–H groups in total. The molecule has 0 bridgehead atoms. The molecule has 3 rings (SSSR count). The number of ketones is 1. The summed E-state index contributed by atoms with van der Waals surface area (Å²) in [5, 5.41) is 12.2. The topological polar surface area (TPSA) is 96.0 Å². The maximum atomic E-state index is 12.5. The van der Waals surface area contributed by atoms with Gasteiger partial charge in [-0.3, -0.25) is 9.59 Å². The van der Waals surface area contributed by atoms with Gasteiger partial charge in [-0.15, -0.1) is 0 Å². The van der Waals surface area contributed by atoms with E-state index >= 15 is 0 Å². The predicted octanol–water partition coefficient (Wildman–Crippen LogP) is 3.11. The lowest BCUT2D eigenvalue weighted by atomic mass is 9.93. The van der Waals surface area contributed by atoms with Crippen LogP contribution in [0.1, 0.15) is 42.5 Å². The summed E-state index contributed by atoms with van der Waals surface area (Å²) in [6, 6.07) is 8.52. The molecule has 6 heteroatoms. The SMILES string of the molecule is N#C[C@H](C(=O)NC1CCCCC1)C(=O)c1ccc(-c2cnco2)cc1. The van der Waals surface area contributed by atoms with E-state index in [1.807, 2.05) is 6.07 Å². The van der Waals surface area contributed by atoms with E-state index in [0.29, 0.717) is 11.3 Å². The van der Waals surface area contributed by atoms with E-state index in [2.05, 4.69) is 10.3 Å². The number of hydrogen-bond donors (Lipinski definition) is 1. The molecule has 0 aliphatic heterocycles. The summed E-state index contributed by atoms with van der Waals surface area (Å²) >= 11 is 0. The fourth-order valence-corrected chi connectivity index (χ4v) is 3.09. The molecule has 1 saturated carbocycles. The van der Waals surface area contributed by atoms with Crippen molar-refractivity contribution in [3.8, 4) is 17.4 Å². The summed E-state index contributed by atoms with van der Waals surface area (Å²) in [5.41, 5.74) is 1.10. The summed E-state index contributed by atoms with van der Waals surface area (Å²) in [6.45, 7) is 0. The van der Waals surface area contributed by atoms with Crippen LogP contribution in [0.15, 0.2) is 41.3 Å².